The van der Waals surface area contributed by atoms with Crippen LogP contribution in [0.15, 0.2) is 65.1 Å². The number of aryl methyl sites for hydroxylation is 1. The maximum atomic E-state index is 10.5. The molecule has 0 radical (unpaired) electrons. The smallest absolute Gasteiger partial charge is 0.226 e. The van der Waals surface area contributed by atoms with Gasteiger partial charge in [-0.1, -0.05) is 30.3 Å². The van der Waals surface area contributed by atoms with E-state index < -0.39 is 0 Å². The molecule has 1 aromatic heterocycles. The zero-order valence-corrected chi connectivity index (χ0v) is 14.2. The van der Waals surface area contributed by atoms with E-state index in [1.54, 1.807) is 6.08 Å². The van der Waals surface area contributed by atoms with Crippen LogP contribution in [0, 0.1) is 6.92 Å². The van der Waals surface area contributed by atoms with Crippen LogP contribution in [-0.2, 0) is 11.4 Å². The molecule has 0 amide bonds. The Balaban J connectivity index is 1.69. The molecule has 126 valence electrons. The Morgan fingerprint density at radius 3 is 2.52 bits per heavy atom. The number of oxazole rings is 1. The van der Waals surface area contributed by atoms with Crippen molar-refractivity contribution in [2.45, 2.75) is 20.5 Å². The molecule has 0 saturated heterocycles. The monoisotopic (exact) mass is 333 g/mol. The number of carbonyl (C=O) groups excluding carboxylic acids is 1. The lowest BCUT2D eigenvalue weighted by atomic mass is 10.1. The van der Waals surface area contributed by atoms with Gasteiger partial charge in [-0.05, 0) is 55.3 Å². The molecule has 0 aliphatic heterocycles. The number of ether oxygens (including phenoxy) is 1. The predicted molar refractivity (Wildman–Crippen MR) is 97.2 cm³/mol. The van der Waals surface area contributed by atoms with Crippen LogP contribution in [0.2, 0.25) is 0 Å². The van der Waals surface area contributed by atoms with Crippen molar-refractivity contribution in [1.29, 1.82) is 0 Å². The fourth-order valence-corrected chi connectivity index (χ4v) is 2.43. The Bertz CT molecular complexity index is 877. The number of hydrogen-bond acceptors (Lipinski definition) is 4. The maximum absolute atomic E-state index is 10.5. The normalized spacial score (nSPS) is 11.4. The highest BCUT2D eigenvalue weighted by molar-refractivity contribution is 5.80. The Kier molecular flexibility index (Phi) is 5.09. The number of aromatic nitrogens is 1. The van der Waals surface area contributed by atoms with Crippen molar-refractivity contribution in [2.75, 3.05) is 0 Å². The Labute approximate surface area is 146 Å². The predicted octanol–water partition coefficient (Wildman–Crippen LogP) is 4.83. The molecule has 3 rings (SSSR count). The molecule has 3 aromatic rings. The molecule has 1 heterocycles. The number of rotatable bonds is 6. The van der Waals surface area contributed by atoms with Crippen LogP contribution in [0.3, 0.4) is 0 Å². The fourth-order valence-electron chi connectivity index (χ4n) is 2.43. The molecule has 0 bridgehead atoms. The molecular weight excluding hydrogens is 314 g/mol. The van der Waals surface area contributed by atoms with E-state index in [0.717, 1.165) is 40.2 Å². The summed E-state index contributed by atoms with van der Waals surface area (Å²) in [6, 6.07) is 17.4. The van der Waals surface area contributed by atoms with Gasteiger partial charge in [0.05, 0.1) is 0 Å². The topological polar surface area (TPSA) is 52.3 Å². The molecule has 2 aromatic carbocycles. The minimum atomic E-state index is 0.338. The molecule has 4 heteroatoms. The van der Waals surface area contributed by atoms with Crippen molar-refractivity contribution >= 4 is 11.9 Å². The summed E-state index contributed by atoms with van der Waals surface area (Å²) < 4.78 is 11.5. The molecule has 25 heavy (non-hydrogen) atoms. The largest absolute Gasteiger partial charge is 0.487 e. The Hall–Kier alpha value is -3.14. The lowest BCUT2D eigenvalue weighted by molar-refractivity contribution is -0.104. The van der Waals surface area contributed by atoms with Gasteiger partial charge in [0.2, 0.25) is 5.89 Å². The fraction of sp³-hybridized carbons (Fsp3) is 0.143. The highest BCUT2D eigenvalue weighted by Gasteiger charge is 2.11. The SMILES string of the molecule is C/C(=C/C=O)c1ccc(OCc2nc(-c3ccccc3)oc2C)cc1. The van der Waals surface area contributed by atoms with Gasteiger partial charge in [-0.25, -0.2) is 4.98 Å². The molecule has 0 saturated carbocycles. The average Bonchev–Trinajstić information content (AvgIpc) is 3.02. The van der Waals surface area contributed by atoms with Crippen LogP contribution in [0.1, 0.15) is 23.9 Å². The van der Waals surface area contributed by atoms with Crippen LogP contribution in [-0.4, -0.2) is 11.3 Å². The van der Waals surface area contributed by atoms with E-state index in [-0.39, 0.29) is 0 Å². The van der Waals surface area contributed by atoms with Crippen molar-refractivity contribution < 1.29 is 13.9 Å². The molecule has 0 atom stereocenters. The van der Waals surface area contributed by atoms with E-state index in [4.69, 9.17) is 9.15 Å². The second kappa shape index (κ2) is 7.62. The molecule has 0 aliphatic rings. The summed E-state index contributed by atoms with van der Waals surface area (Å²) in [6.07, 6.45) is 2.33. The molecule has 0 N–H and O–H groups in total. The van der Waals surface area contributed by atoms with Crippen LogP contribution in [0.25, 0.3) is 17.0 Å². The summed E-state index contributed by atoms with van der Waals surface area (Å²) in [5.74, 6) is 2.09. The summed E-state index contributed by atoms with van der Waals surface area (Å²) >= 11 is 0. The summed E-state index contributed by atoms with van der Waals surface area (Å²) in [4.78, 5) is 15.1. The van der Waals surface area contributed by atoms with Crippen LogP contribution >= 0.6 is 0 Å². The zero-order valence-electron chi connectivity index (χ0n) is 14.2. The summed E-state index contributed by atoms with van der Waals surface area (Å²) in [6.45, 7) is 4.12. The number of carbonyl (C=O) groups is 1. The van der Waals surface area contributed by atoms with Gasteiger partial charge in [0.1, 0.15) is 30.1 Å². The molecule has 4 nitrogen and oxygen atoms in total. The van der Waals surface area contributed by atoms with Gasteiger partial charge in [0, 0.05) is 5.56 Å². The quantitative estimate of drug-likeness (QED) is 0.479. The van der Waals surface area contributed by atoms with E-state index in [2.05, 4.69) is 4.98 Å². The second-order valence-electron chi connectivity index (χ2n) is 5.69. The van der Waals surface area contributed by atoms with Gasteiger partial charge in [0.25, 0.3) is 0 Å². The number of nitrogens with zero attached hydrogens (tertiary/aromatic N) is 1. The van der Waals surface area contributed by atoms with Crippen molar-refractivity contribution in [3.63, 3.8) is 0 Å². The van der Waals surface area contributed by atoms with E-state index in [9.17, 15) is 4.79 Å². The minimum absolute atomic E-state index is 0.338. The summed E-state index contributed by atoms with van der Waals surface area (Å²) in [7, 11) is 0. The van der Waals surface area contributed by atoms with E-state index in [1.807, 2.05) is 68.4 Å². The molecule has 0 fully saturated rings. The molecule has 0 aliphatic carbocycles. The van der Waals surface area contributed by atoms with Crippen molar-refractivity contribution in [2.24, 2.45) is 0 Å². The first kappa shape index (κ1) is 16.7. The van der Waals surface area contributed by atoms with Crippen LogP contribution in [0.4, 0.5) is 0 Å². The molecule has 0 unspecified atom stereocenters. The number of benzene rings is 2. The van der Waals surface area contributed by atoms with Crippen molar-refractivity contribution in [1.82, 2.24) is 4.98 Å². The van der Waals surface area contributed by atoms with Crippen molar-refractivity contribution in [3.8, 4) is 17.2 Å². The first-order chi connectivity index (χ1) is 12.2. The first-order valence-corrected chi connectivity index (χ1v) is 8.04. The van der Waals surface area contributed by atoms with Gasteiger partial charge < -0.3 is 9.15 Å². The second-order valence-corrected chi connectivity index (χ2v) is 5.69. The lowest BCUT2D eigenvalue weighted by Gasteiger charge is -2.06. The summed E-state index contributed by atoms with van der Waals surface area (Å²) in [5.41, 5.74) is 3.63. The number of allylic oxidation sites excluding steroid dienone is 2. The van der Waals surface area contributed by atoms with Crippen LogP contribution < -0.4 is 4.74 Å². The van der Waals surface area contributed by atoms with Crippen LogP contribution in [0.5, 0.6) is 5.75 Å². The molecular formula is C21H19NO3. The van der Waals surface area contributed by atoms with Gasteiger partial charge >= 0.3 is 0 Å². The third kappa shape index (κ3) is 4.04. The number of aldehydes is 1. The third-order valence-corrected chi connectivity index (χ3v) is 3.92. The van der Waals surface area contributed by atoms with E-state index in [1.165, 1.54) is 0 Å². The highest BCUT2D eigenvalue weighted by atomic mass is 16.5. The highest BCUT2D eigenvalue weighted by Crippen LogP contribution is 2.23. The van der Waals surface area contributed by atoms with Gasteiger partial charge in [-0.3, -0.25) is 4.79 Å². The Morgan fingerprint density at radius 1 is 1.12 bits per heavy atom. The Morgan fingerprint density at radius 2 is 1.84 bits per heavy atom. The minimum Gasteiger partial charge on any atom is -0.487 e. The maximum Gasteiger partial charge on any atom is 0.226 e. The summed E-state index contributed by atoms with van der Waals surface area (Å²) in [5, 5.41) is 0. The van der Waals surface area contributed by atoms with Gasteiger partial charge in [0.15, 0.2) is 0 Å². The van der Waals surface area contributed by atoms with E-state index >= 15 is 0 Å². The third-order valence-electron chi connectivity index (χ3n) is 3.92. The standard InChI is InChI=1S/C21H19NO3/c1-15(12-13-23)17-8-10-19(11-9-17)24-14-20-16(2)25-21(22-20)18-6-4-3-5-7-18/h3-13H,14H2,1-2H3/b15-12-. The zero-order chi connectivity index (χ0) is 17.6. The first-order valence-electron chi connectivity index (χ1n) is 8.04. The van der Waals surface area contributed by atoms with Gasteiger partial charge in [-0.2, -0.15) is 0 Å². The van der Waals surface area contributed by atoms with Gasteiger partial charge in [-0.15, -0.1) is 0 Å². The van der Waals surface area contributed by atoms with Crippen molar-refractivity contribution in [3.05, 3.63) is 77.7 Å². The molecule has 0 spiro atoms. The average molecular weight is 333 g/mol. The van der Waals surface area contributed by atoms with E-state index in [0.29, 0.717) is 12.5 Å². The number of hydrogen-bond donors (Lipinski definition) is 0. The lowest BCUT2D eigenvalue weighted by Crippen LogP contribution is -1.97.